The quantitative estimate of drug-likeness (QED) is 0.628. The second-order valence-electron chi connectivity index (χ2n) is 4.38. The van der Waals surface area contributed by atoms with Crippen molar-refractivity contribution in [2.45, 2.75) is 31.9 Å². The second-order valence-corrected chi connectivity index (χ2v) is 4.38. The van der Waals surface area contributed by atoms with E-state index in [-0.39, 0.29) is 12.2 Å². The lowest BCUT2D eigenvalue weighted by atomic mass is 10.0. The SMILES string of the molecule is CC1CN(C2CCN(C)CC2)C(=O)O1. The van der Waals surface area contributed by atoms with Crippen LogP contribution in [-0.4, -0.2) is 54.7 Å². The highest BCUT2D eigenvalue weighted by atomic mass is 16.6. The molecular formula is C10H18N2O2. The molecule has 2 saturated heterocycles. The summed E-state index contributed by atoms with van der Waals surface area (Å²) < 4.78 is 5.13. The molecule has 0 aromatic heterocycles. The first-order valence-electron chi connectivity index (χ1n) is 5.32. The number of amides is 1. The number of carbonyl (C=O) groups is 1. The van der Waals surface area contributed by atoms with Gasteiger partial charge < -0.3 is 14.5 Å². The Kier molecular flexibility index (Phi) is 2.63. The summed E-state index contributed by atoms with van der Waals surface area (Å²) in [5, 5.41) is 0. The van der Waals surface area contributed by atoms with E-state index in [0.29, 0.717) is 6.04 Å². The third kappa shape index (κ3) is 1.85. The number of piperidine rings is 1. The van der Waals surface area contributed by atoms with E-state index in [1.165, 1.54) is 0 Å². The van der Waals surface area contributed by atoms with Crippen LogP contribution in [0.3, 0.4) is 0 Å². The lowest BCUT2D eigenvalue weighted by Crippen LogP contribution is -2.44. The molecule has 2 fully saturated rings. The van der Waals surface area contributed by atoms with Crippen LogP contribution in [0.15, 0.2) is 0 Å². The number of hydrogen-bond donors (Lipinski definition) is 0. The minimum Gasteiger partial charge on any atom is -0.444 e. The Morgan fingerprint density at radius 2 is 2.00 bits per heavy atom. The zero-order valence-corrected chi connectivity index (χ0v) is 8.90. The Morgan fingerprint density at radius 1 is 1.36 bits per heavy atom. The van der Waals surface area contributed by atoms with Crippen molar-refractivity contribution >= 4 is 6.09 Å². The maximum atomic E-state index is 11.5. The van der Waals surface area contributed by atoms with Gasteiger partial charge in [0.25, 0.3) is 0 Å². The van der Waals surface area contributed by atoms with Crippen LogP contribution in [0, 0.1) is 0 Å². The molecular weight excluding hydrogens is 180 g/mol. The minimum absolute atomic E-state index is 0.0714. The van der Waals surface area contributed by atoms with Crippen LogP contribution in [0.4, 0.5) is 4.79 Å². The van der Waals surface area contributed by atoms with Crippen LogP contribution in [0.25, 0.3) is 0 Å². The van der Waals surface area contributed by atoms with Gasteiger partial charge in [0.15, 0.2) is 0 Å². The number of carbonyl (C=O) groups excluding carboxylic acids is 1. The first kappa shape index (κ1) is 9.77. The summed E-state index contributed by atoms with van der Waals surface area (Å²) in [7, 11) is 2.13. The smallest absolute Gasteiger partial charge is 0.410 e. The molecule has 0 aromatic rings. The van der Waals surface area contributed by atoms with Gasteiger partial charge in [0.05, 0.1) is 6.54 Å². The Labute approximate surface area is 84.8 Å². The lowest BCUT2D eigenvalue weighted by molar-refractivity contribution is 0.119. The van der Waals surface area contributed by atoms with Crippen LogP contribution in [0.2, 0.25) is 0 Å². The number of rotatable bonds is 1. The molecule has 80 valence electrons. The third-order valence-corrected chi connectivity index (χ3v) is 3.12. The van der Waals surface area contributed by atoms with Crippen molar-refractivity contribution in [3.05, 3.63) is 0 Å². The van der Waals surface area contributed by atoms with E-state index >= 15 is 0 Å². The van der Waals surface area contributed by atoms with E-state index in [4.69, 9.17) is 4.74 Å². The summed E-state index contributed by atoms with van der Waals surface area (Å²) in [6.45, 7) is 4.89. The summed E-state index contributed by atoms with van der Waals surface area (Å²) in [4.78, 5) is 15.7. The second kappa shape index (κ2) is 3.77. The average molecular weight is 198 g/mol. The first-order valence-corrected chi connectivity index (χ1v) is 5.32. The Bertz CT molecular complexity index is 224. The van der Waals surface area contributed by atoms with E-state index in [1.54, 1.807) is 0 Å². The molecule has 1 amide bonds. The molecule has 0 radical (unpaired) electrons. The maximum absolute atomic E-state index is 11.5. The van der Waals surface area contributed by atoms with Crippen LogP contribution < -0.4 is 0 Å². The topological polar surface area (TPSA) is 32.8 Å². The summed E-state index contributed by atoms with van der Waals surface area (Å²) in [6, 6.07) is 0.406. The molecule has 2 aliphatic heterocycles. The van der Waals surface area contributed by atoms with Gasteiger partial charge >= 0.3 is 6.09 Å². The lowest BCUT2D eigenvalue weighted by Gasteiger charge is -2.33. The largest absolute Gasteiger partial charge is 0.444 e. The van der Waals surface area contributed by atoms with E-state index in [2.05, 4.69) is 11.9 Å². The highest BCUT2D eigenvalue weighted by molar-refractivity contribution is 5.70. The average Bonchev–Trinajstić information content (AvgIpc) is 2.47. The minimum atomic E-state index is -0.118. The molecule has 0 spiro atoms. The van der Waals surface area contributed by atoms with E-state index in [0.717, 1.165) is 32.5 Å². The molecule has 2 aliphatic rings. The number of cyclic esters (lactones) is 1. The molecule has 0 bridgehead atoms. The fraction of sp³-hybridized carbons (Fsp3) is 0.900. The van der Waals surface area contributed by atoms with Gasteiger partial charge in [-0.25, -0.2) is 4.79 Å². The summed E-state index contributed by atoms with van der Waals surface area (Å²) in [6.07, 6.45) is 2.12. The van der Waals surface area contributed by atoms with Crippen molar-refractivity contribution in [3.63, 3.8) is 0 Å². The molecule has 4 nitrogen and oxygen atoms in total. The molecule has 2 rings (SSSR count). The van der Waals surface area contributed by atoms with Crippen molar-refractivity contribution < 1.29 is 9.53 Å². The molecule has 0 aliphatic carbocycles. The molecule has 2 heterocycles. The Morgan fingerprint density at radius 3 is 2.50 bits per heavy atom. The Hall–Kier alpha value is -0.770. The standard InChI is InChI=1S/C10H18N2O2/c1-8-7-12(10(13)14-8)9-3-5-11(2)6-4-9/h8-9H,3-7H2,1-2H3. The highest BCUT2D eigenvalue weighted by Crippen LogP contribution is 2.21. The summed E-state index contributed by atoms with van der Waals surface area (Å²) in [5.41, 5.74) is 0. The van der Waals surface area contributed by atoms with Gasteiger partial charge in [-0.15, -0.1) is 0 Å². The zero-order valence-electron chi connectivity index (χ0n) is 8.90. The van der Waals surface area contributed by atoms with Crippen LogP contribution >= 0.6 is 0 Å². The summed E-state index contributed by atoms with van der Waals surface area (Å²) in [5.74, 6) is 0. The van der Waals surface area contributed by atoms with E-state index in [1.807, 2.05) is 11.8 Å². The molecule has 0 aromatic carbocycles. The van der Waals surface area contributed by atoms with Gasteiger partial charge in [-0.2, -0.15) is 0 Å². The molecule has 1 unspecified atom stereocenters. The molecule has 4 heteroatoms. The van der Waals surface area contributed by atoms with Crippen LogP contribution in [0.5, 0.6) is 0 Å². The van der Waals surface area contributed by atoms with Gasteiger partial charge in [0.1, 0.15) is 6.10 Å². The van der Waals surface area contributed by atoms with Crippen LogP contribution in [-0.2, 0) is 4.74 Å². The monoisotopic (exact) mass is 198 g/mol. The molecule has 1 atom stereocenters. The molecule has 0 N–H and O–H groups in total. The van der Waals surface area contributed by atoms with Gasteiger partial charge in [-0.1, -0.05) is 0 Å². The molecule has 0 saturated carbocycles. The summed E-state index contributed by atoms with van der Waals surface area (Å²) >= 11 is 0. The van der Waals surface area contributed by atoms with Gasteiger partial charge in [-0.05, 0) is 39.9 Å². The normalized spacial score (nSPS) is 30.9. The number of nitrogens with zero attached hydrogens (tertiary/aromatic N) is 2. The third-order valence-electron chi connectivity index (χ3n) is 3.12. The fourth-order valence-corrected chi connectivity index (χ4v) is 2.23. The fourth-order valence-electron chi connectivity index (χ4n) is 2.23. The predicted molar refractivity (Wildman–Crippen MR) is 53.2 cm³/mol. The van der Waals surface area contributed by atoms with Crippen molar-refractivity contribution in [1.29, 1.82) is 0 Å². The number of likely N-dealkylation sites (tertiary alicyclic amines) is 1. The number of ether oxygens (including phenoxy) is 1. The first-order chi connectivity index (χ1) is 6.66. The molecule has 14 heavy (non-hydrogen) atoms. The maximum Gasteiger partial charge on any atom is 0.410 e. The van der Waals surface area contributed by atoms with Gasteiger partial charge in [0.2, 0.25) is 0 Å². The highest BCUT2D eigenvalue weighted by Gasteiger charge is 2.34. The zero-order chi connectivity index (χ0) is 10.1. The Balaban J connectivity index is 1.92. The van der Waals surface area contributed by atoms with Gasteiger partial charge in [-0.3, -0.25) is 0 Å². The number of hydrogen-bond acceptors (Lipinski definition) is 3. The van der Waals surface area contributed by atoms with Crippen molar-refractivity contribution in [1.82, 2.24) is 9.80 Å². The van der Waals surface area contributed by atoms with Crippen LogP contribution in [0.1, 0.15) is 19.8 Å². The van der Waals surface area contributed by atoms with Crippen molar-refractivity contribution in [2.24, 2.45) is 0 Å². The van der Waals surface area contributed by atoms with E-state index < -0.39 is 0 Å². The van der Waals surface area contributed by atoms with Crippen molar-refractivity contribution in [2.75, 3.05) is 26.7 Å². The van der Waals surface area contributed by atoms with E-state index in [9.17, 15) is 4.79 Å². The predicted octanol–water partition coefficient (Wildman–Crippen LogP) is 0.921. The van der Waals surface area contributed by atoms with Gasteiger partial charge in [0, 0.05) is 6.04 Å². The van der Waals surface area contributed by atoms with Crippen molar-refractivity contribution in [3.8, 4) is 0 Å².